The van der Waals surface area contributed by atoms with Crippen LogP contribution in [0.2, 0.25) is 0 Å². The minimum Gasteiger partial charge on any atom is -0.335 e. The molecule has 4 heteroatoms. The van der Waals surface area contributed by atoms with Crippen molar-refractivity contribution in [3.8, 4) is 0 Å². The van der Waals surface area contributed by atoms with E-state index in [0.717, 1.165) is 0 Å². The number of nitrogens with zero attached hydrogens (tertiary/aromatic N) is 2. The molecule has 56 valence electrons. The van der Waals surface area contributed by atoms with Gasteiger partial charge in [0.25, 0.3) is 0 Å². The smallest absolute Gasteiger partial charge is 0.242 e. The molecular formula is C6H10N2O2. The molecule has 10 heavy (non-hydrogen) atoms. The first-order valence-electron chi connectivity index (χ1n) is 3.09. The average molecular weight is 142 g/mol. The molecule has 4 nitrogen and oxygen atoms in total. The van der Waals surface area contributed by atoms with Crippen LogP contribution in [-0.2, 0) is 9.59 Å². The number of piperazine rings is 1. The van der Waals surface area contributed by atoms with E-state index in [0.29, 0.717) is 0 Å². The van der Waals surface area contributed by atoms with Gasteiger partial charge in [-0.05, 0) is 0 Å². The molecular weight excluding hydrogens is 132 g/mol. The monoisotopic (exact) mass is 142 g/mol. The van der Waals surface area contributed by atoms with Crippen LogP contribution in [0.15, 0.2) is 0 Å². The second-order valence-electron chi connectivity index (χ2n) is 2.50. The Labute approximate surface area is 59.4 Å². The first kappa shape index (κ1) is 7.05. The van der Waals surface area contributed by atoms with Gasteiger partial charge in [0.2, 0.25) is 11.8 Å². The van der Waals surface area contributed by atoms with Crippen LogP contribution in [0.4, 0.5) is 0 Å². The Balaban J connectivity index is 2.63. The van der Waals surface area contributed by atoms with Gasteiger partial charge in [-0.3, -0.25) is 9.59 Å². The second kappa shape index (κ2) is 2.28. The molecule has 1 aliphatic rings. The number of hydrogen-bond acceptors (Lipinski definition) is 2. The minimum atomic E-state index is 0.00194. The van der Waals surface area contributed by atoms with Crippen LogP contribution in [0.25, 0.3) is 0 Å². The summed E-state index contributed by atoms with van der Waals surface area (Å²) in [6, 6.07) is 0. The topological polar surface area (TPSA) is 40.6 Å². The summed E-state index contributed by atoms with van der Waals surface area (Å²) in [6.07, 6.45) is 0. The van der Waals surface area contributed by atoms with Crippen molar-refractivity contribution in [1.82, 2.24) is 9.80 Å². The van der Waals surface area contributed by atoms with Crippen molar-refractivity contribution in [1.29, 1.82) is 0 Å². The lowest BCUT2D eigenvalue weighted by Crippen LogP contribution is -2.50. The SMILES string of the molecule is CN1CC(=O)N(C)CC1=O. The predicted molar refractivity (Wildman–Crippen MR) is 35.3 cm³/mol. The highest BCUT2D eigenvalue weighted by Crippen LogP contribution is 1.98. The third-order valence-corrected chi connectivity index (χ3v) is 1.60. The van der Waals surface area contributed by atoms with E-state index in [1.54, 1.807) is 14.1 Å². The van der Waals surface area contributed by atoms with Crippen LogP contribution in [0.5, 0.6) is 0 Å². The Hall–Kier alpha value is -1.06. The summed E-state index contributed by atoms with van der Waals surface area (Å²) >= 11 is 0. The lowest BCUT2D eigenvalue weighted by molar-refractivity contribution is -0.147. The van der Waals surface area contributed by atoms with Crippen LogP contribution in [-0.4, -0.2) is 48.8 Å². The Morgan fingerprint density at radius 1 is 1.00 bits per heavy atom. The third kappa shape index (κ3) is 1.10. The molecule has 1 fully saturated rings. The molecule has 0 aromatic heterocycles. The highest BCUT2D eigenvalue weighted by Gasteiger charge is 2.23. The molecule has 0 saturated carbocycles. The van der Waals surface area contributed by atoms with Crippen LogP contribution in [0.1, 0.15) is 0 Å². The highest BCUT2D eigenvalue weighted by atomic mass is 16.2. The first-order valence-corrected chi connectivity index (χ1v) is 3.09. The zero-order chi connectivity index (χ0) is 7.72. The van der Waals surface area contributed by atoms with Gasteiger partial charge in [-0.25, -0.2) is 0 Å². The quantitative estimate of drug-likeness (QED) is 0.431. The maximum absolute atomic E-state index is 10.9. The largest absolute Gasteiger partial charge is 0.335 e. The van der Waals surface area contributed by atoms with Crippen molar-refractivity contribution in [2.24, 2.45) is 0 Å². The zero-order valence-corrected chi connectivity index (χ0v) is 6.13. The zero-order valence-electron chi connectivity index (χ0n) is 6.13. The van der Waals surface area contributed by atoms with Crippen molar-refractivity contribution in [2.75, 3.05) is 27.2 Å². The molecule has 0 aliphatic carbocycles. The fourth-order valence-corrected chi connectivity index (χ4v) is 0.824. The highest BCUT2D eigenvalue weighted by molar-refractivity contribution is 5.92. The number of likely N-dealkylation sites (N-methyl/N-ethyl adjacent to an activating group) is 2. The predicted octanol–water partition coefficient (Wildman–Crippen LogP) is -1.08. The lowest BCUT2D eigenvalue weighted by Gasteiger charge is -2.28. The van der Waals surface area contributed by atoms with Gasteiger partial charge in [0.1, 0.15) is 0 Å². The number of amides is 2. The molecule has 0 atom stereocenters. The third-order valence-electron chi connectivity index (χ3n) is 1.60. The summed E-state index contributed by atoms with van der Waals surface area (Å²) in [5.41, 5.74) is 0. The Bertz CT molecular complexity index is 159. The average Bonchev–Trinajstić information content (AvgIpc) is 1.84. The van der Waals surface area contributed by atoms with E-state index in [1.165, 1.54) is 9.80 Å². The van der Waals surface area contributed by atoms with Crippen molar-refractivity contribution in [2.45, 2.75) is 0 Å². The summed E-state index contributed by atoms with van der Waals surface area (Å²) in [5, 5.41) is 0. The van der Waals surface area contributed by atoms with Gasteiger partial charge in [0, 0.05) is 14.1 Å². The standard InChI is InChI=1S/C6H10N2O2/c1-7-3-6(10)8(2)4-5(7)9/h3-4H2,1-2H3. The van der Waals surface area contributed by atoms with Crippen molar-refractivity contribution in [3.05, 3.63) is 0 Å². The second-order valence-corrected chi connectivity index (χ2v) is 2.50. The number of carbonyl (C=O) groups is 2. The maximum atomic E-state index is 10.9. The van der Waals surface area contributed by atoms with Crippen LogP contribution < -0.4 is 0 Å². The van der Waals surface area contributed by atoms with Gasteiger partial charge in [-0.1, -0.05) is 0 Å². The summed E-state index contributed by atoms with van der Waals surface area (Å²) in [7, 11) is 3.26. The van der Waals surface area contributed by atoms with Crippen LogP contribution in [0.3, 0.4) is 0 Å². The molecule has 1 saturated heterocycles. The van der Waals surface area contributed by atoms with Gasteiger partial charge < -0.3 is 9.80 Å². The normalized spacial score (nSPS) is 20.2. The van der Waals surface area contributed by atoms with E-state index < -0.39 is 0 Å². The van der Waals surface area contributed by atoms with Gasteiger partial charge in [0.05, 0.1) is 13.1 Å². The number of hydrogen-bond donors (Lipinski definition) is 0. The molecule has 1 aliphatic heterocycles. The van der Waals surface area contributed by atoms with E-state index in [-0.39, 0.29) is 24.9 Å². The molecule has 2 amide bonds. The molecule has 0 aromatic rings. The first-order chi connectivity index (χ1) is 4.61. The van der Waals surface area contributed by atoms with E-state index >= 15 is 0 Å². The Kier molecular flexibility index (Phi) is 1.61. The molecule has 0 aromatic carbocycles. The van der Waals surface area contributed by atoms with Gasteiger partial charge in [0.15, 0.2) is 0 Å². The van der Waals surface area contributed by atoms with Gasteiger partial charge >= 0.3 is 0 Å². The number of rotatable bonds is 0. The van der Waals surface area contributed by atoms with Crippen molar-refractivity contribution >= 4 is 11.8 Å². The molecule has 0 spiro atoms. The summed E-state index contributed by atoms with van der Waals surface area (Å²) in [5.74, 6) is 0.00389. The summed E-state index contributed by atoms with van der Waals surface area (Å²) in [4.78, 5) is 24.6. The summed E-state index contributed by atoms with van der Waals surface area (Å²) in [6.45, 7) is 0.435. The molecule has 0 radical (unpaired) electrons. The van der Waals surface area contributed by atoms with Crippen LogP contribution >= 0.6 is 0 Å². The van der Waals surface area contributed by atoms with Crippen molar-refractivity contribution < 1.29 is 9.59 Å². The minimum absolute atomic E-state index is 0.00194. The van der Waals surface area contributed by atoms with Gasteiger partial charge in [-0.15, -0.1) is 0 Å². The van der Waals surface area contributed by atoms with E-state index in [1.807, 2.05) is 0 Å². The molecule has 0 bridgehead atoms. The van der Waals surface area contributed by atoms with Crippen molar-refractivity contribution in [3.63, 3.8) is 0 Å². The van der Waals surface area contributed by atoms with Gasteiger partial charge in [-0.2, -0.15) is 0 Å². The maximum Gasteiger partial charge on any atom is 0.242 e. The lowest BCUT2D eigenvalue weighted by atomic mass is 10.3. The van der Waals surface area contributed by atoms with E-state index in [2.05, 4.69) is 0 Å². The molecule has 1 heterocycles. The fourth-order valence-electron chi connectivity index (χ4n) is 0.824. The molecule has 0 N–H and O–H groups in total. The van der Waals surface area contributed by atoms with Crippen LogP contribution in [0, 0.1) is 0 Å². The van der Waals surface area contributed by atoms with E-state index in [9.17, 15) is 9.59 Å². The summed E-state index contributed by atoms with van der Waals surface area (Å²) < 4.78 is 0. The Morgan fingerprint density at radius 2 is 1.30 bits per heavy atom. The van der Waals surface area contributed by atoms with E-state index in [4.69, 9.17) is 0 Å². The molecule has 0 unspecified atom stereocenters. The number of carbonyl (C=O) groups excluding carboxylic acids is 2. The fraction of sp³-hybridized carbons (Fsp3) is 0.667. The Morgan fingerprint density at radius 3 is 1.60 bits per heavy atom. The molecule has 1 rings (SSSR count).